The van der Waals surface area contributed by atoms with Crippen LogP contribution in [0.15, 0.2) is 24.3 Å². The molecule has 1 aromatic carbocycles. The summed E-state index contributed by atoms with van der Waals surface area (Å²) in [5, 5.41) is 18.2. The molecule has 1 aliphatic rings. The third-order valence-corrected chi connectivity index (χ3v) is 6.45. The highest BCUT2D eigenvalue weighted by molar-refractivity contribution is 6.05. The van der Waals surface area contributed by atoms with Crippen LogP contribution < -0.4 is 5.32 Å². The van der Waals surface area contributed by atoms with E-state index in [9.17, 15) is 19.5 Å². The lowest BCUT2D eigenvalue weighted by Gasteiger charge is -2.46. The molecule has 1 fully saturated rings. The molecule has 2 N–H and O–H groups in total. The minimum Gasteiger partial charge on any atom is -0.469 e. The highest BCUT2D eigenvalue weighted by Crippen LogP contribution is 2.46. The number of ether oxygens (including phenoxy) is 1. The maximum Gasteiger partial charge on any atom is 0.407 e. The Labute approximate surface area is 187 Å². The largest absolute Gasteiger partial charge is 0.469 e. The number of nitrogens with one attached hydrogen (secondary N) is 1. The number of hydrogen-bond donors (Lipinski definition) is 2. The molecule has 0 radical (unpaired) electrons. The van der Waals surface area contributed by atoms with Crippen LogP contribution in [0.1, 0.15) is 64.0 Å². The first-order chi connectivity index (χ1) is 14.9. The number of likely N-dealkylation sites (tertiary alicyclic amines) is 1. The Hall–Kier alpha value is -3.10. The lowest BCUT2D eigenvalue weighted by atomic mass is 9.69. The van der Waals surface area contributed by atoms with Crippen LogP contribution in [0.3, 0.4) is 0 Å². The van der Waals surface area contributed by atoms with E-state index in [0.29, 0.717) is 12.1 Å². The van der Waals surface area contributed by atoms with Crippen molar-refractivity contribution >= 4 is 28.9 Å². The van der Waals surface area contributed by atoms with Gasteiger partial charge in [0.1, 0.15) is 0 Å². The molecule has 1 saturated heterocycles. The van der Waals surface area contributed by atoms with Crippen LogP contribution in [0.25, 0.3) is 10.9 Å². The van der Waals surface area contributed by atoms with E-state index in [-0.39, 0.29) is 24.9 Å². The van der Waals surface area contributed by atoms with E-state index >= 15 is 0 Å². The van der Waals surface area contributed by atoms with E-state index in [4.69, 9.17) is 4.74 Å². The zero-order chi connectivity index (χ0) is 23.8. The van der Waals surface area contributed by atoms with Crippen molar-refractivity contribution in [1.82, 2.24) is 20.0 Å². The molecule has 0 saturated carbocycles. The number of aromatic nitrogens is 2. The number of para-hydroxylation sites is 1. The standard InChI is InChI=1S/C23H32N4O5/c1-14(2)27-17-10-8-7-9-16(17)19(25-27)20(29)24-15-11-23(22(3,4)5,12-18(28)32-6)26(13-15)21(30)31/h7-10,14-15H,11-13H2,1-6H3,(H,24,29)(H,30,31)/t15-,23-/m0/s1. The van der Waals surface area contributed by atoms with Crippen LogP contribution in [0.2, 0.25) is 0 Å². The second-order valence-electron chi connectivity index (χ2n) is 9.71. The minimum absolute atomic E-state index is 0.0732. The summed E-state index contributed by atoms with van der Waals surface area (Å²) in [4.78, 5) is 38.8. The minimum atomic E-state index is -1.13. The molecular formula is C23H32N4O5. The number of carbonyl (C=O) groups is 3. The molecule has 9 heteroatoms. The van der Waals surface area contributed by atoms with E-state index in [2.05, 4.69) is 10.4 Å². The number of rotatable bonds is 5. The van der Waals surface area contributed by atoms with Gasteiger partial charge < -0.3 is 15.2 Å². The Morgan fingerprint density at radius 2 is 1.94 bits per heavy atom. The Morgan fingerprint density at radius 1 is 1.28 bits per heavy atom. The van der Waals surface area contributed by atoms with Gasteiger partial charge in [0.05, 0.1) is 24.6 Å². The van der Waals surface area contributed by atoms with Crippen LogP contribution in [0, 0.1) is 5.41 Å². The van der Waals surface area contributed by atoms with Gasteiger partial charge in [0.15, 0.2) is 5.69 Å². The van der Waals surface area contributed by atoms with Crippen LogP contribution >= 0.6 is 0 Å². The fourth-order valence-electron chi connectivity index (χ4n) is 4.69. The first-order valence-electron chi connectivity index (χ1n) is 10.8. The van der Waals surface area contributed by atoms with Gasteiger partial charge in [-0.1, -0.05) is 39.0 Å². The second-order valence-corrected chi connectivity index (χ2v) is 9.71. The van der Waals surface area contributed by atoms with Crippen LogP contribution in [-0.4, -0.2) is 63.0 Å². The van der Waals surface area contributed by atoms with Gasteiger partial charge in [0.25, 0.3) is 5.91 Å². The number of hydrogen-bond acceptors (Lipinski definition) is 5. The molecule has 0 bridgehead atoms. The summed E-state index contributed by atoms with van der Waals surface area (Å²) in [5.41, 5.74) is -0.410. The normalized spacial score (nSPS) is 21.2. The molecule has 1 aliphatic heterocycles. The number of carbonyl (C=O) groups excluding carboxylic acids is 2. The van der Waals surface area contributed by atoms with Gasteiger partial charge in [-0.25, -0.2) is 4.79 Å². The van der Waals surface area contributed by atoms with E-state index < -0.39 is 29.1 Å². The van der Waals surface area contributed by atoms with Gasteiger partial charge >= 0.3 is 12.1 Å². The molecule has 1 aromatic heterocycles. The lowest BCUT2D eigenvalue weighted by molar-refractivity contribution is -0.145. The quantitative estimate of drug-likeness (QED) is 0.683. The number of carboxylic acid groups (broad SMARTS) is 1. The van der Waals surface area contributed by atoms with Crippen molar-refractivity contribution in [2.75, 3.05) is 13.7 Å². The van der Waals surface area contributed by atoms with Crippen molar-refractivity contribution in [2.24, 2.45) is 5.41 Å². The molecule has 0 aliphatic carbocycles. The van der Waals surface area contributed by atoms with E-state index in [0.717, 1.165) is 10.9 Å². The lowest BCUT2D eigenvalue weighted by Crippen LogP contribution is -2.56. The summed E-state index contributed by atoms with van der Waals surface area (Å²) < 4.78 is 6.67. The van der Waals surface area contributed by atoms with E-state index in [1.54, 1.807) is 4.68 Å². The molecule has 0 unspecified atom stereocenters. The van der Waals surface area contributed by atoms with Crippen molar-refractivity contribution < 1.29 is 24.2 Å². The Bertz CT molecular complexity index is 1040. The fraction of sp³-hybridized carbons (Fsp3) is 0.565. The molecule has 2 atom stereocenters. The third kappa shape index (κ3) is 4.03. The number of esters is 1. The molecule has 2 amide bonds. The maximum atomic E-state index is 13.2. The molecule has 9 nitrogen and oxygen atoms in total. The van der Waals surface area contributed by atoms with Crippen LogP contribution in [0.4, 0.5) is 4.79 Å². The maximum absolute atomic E-state index is 13.2. The predicted molar refractivity (Wildman–Crippen MR) is 120 cm³/mol. The molecule has 32 heavy (non-hydrogen) atoms. The van der Waals surface area contributed by atoms with Gasteiger partial charge in [-0.05, 0) is 31.7 Å². The van der Waals surface area contributed by atoms with Crippen molar-refractivity contribution in [3.8, 4) is 0 Å². The highest BCUT2D eigenvalue weighted by Gasteiger charge is 2.56. The monoisotopic (exact) mass is 444 g/mol. The Morgan fingerprint density at radius 3 is 2.50 bits per heavy atom. The van der Waals surface area contributed by atoms with Crippen LogP contribution in [-0.2, 0) is 9.53 Å². The van der Waals surface area contributed by atoms with E-state index in [1.807, 2.05) is 58.9 Å². The van der Waals surface area contributed by atoms with Crippen LogP contribution in [0.5, 0.6) is 0 Å². The summed E-state index contributed by atoms with van der Waals surface area (Å²) in [7, 11) is 1.29. The third-order valence-electron chi connectivity index (χ3n) is 6.45. The first-order valence-corrected chi connectivity index (χ1v) is 10.8. The summed E-state index contributed by atoms with van der Waals surface area (Å²) >= 11 is 0. The Balaban J connectivity index is 1.93. The average Bonchev–Trinajstić information content (AvgIpc) is 3.27. The van der Waals surface area contributed by atoms with Crippen molar-refractivity contribution in [3.05, 3.63) is 30.0 Å². The SMILES string of the molecule is COC(=O)C[C@]1(C(C)(C)C)C[C@H](NC(=O)c2nn(C(C)C)c3ccccc23)CN1C(=O)O. The zero-order valence-corrected chi connectivity index (χ0v) is 19.5. The van der Waals surface area contributed by atoms with Gasteiger partial charge in [-0.3, -0.25) is 19.2 Å². The molecule has 2 heterocycles. The number of methoxy groups -OCH3 is 1. The molecule has 2 aromatic rings. The summed E-state index contributed by atoms with van der Waals surface area (Å²) in [6.07, 6.45) is -0.918. The number of fused-ring (bicyclic) bond motifs is 1. The Kier molecular flexibility index (Phi) is 6.22. The van der Waals surface area contributed by atoms with Gasteiger partial charge in [-0.15, -0.1) is 0 Å². The smallest absolute Gasteiger partial charge is 0.407 e. The zero-order valence-electron chi connectivity index (χ0n) is 19.5. The van der Waals surface area contributed by atoms with Gasteiger partial charge in [0, 0.05) is 24.0 Å². The van der Waals surface area contributed by atoms with Crippen molar-refractivity contribution in [2.45, 2.75) is 65.1 Å². The highest BCUT2D eigenvalue weighted by atomic mass is 16.5. The first kappa shape index (κ1) is 23.6. The number of benzene rings is 1. The second kappa shape index (κ2) is 8.44. The van der Waals surface area contributed by atoms with Crippen molar-refractivity contribution in [1.29, 1.82) is 0 Å². The molecule has 174 valence electrons. The molecule has 3 rings (SSSR count). The fourth-order valence-corrected chi connectivity index (χ4v) is 4.69. The predicted octanol–water partition coefficient (Wildman–Crippen LogP) is 3.45. The summed E-state index contributed by atoms with van der Waals surface area (Å²) in [6, 6.07) is 7.13. The molecular weight excluding hydrogens is 412 g/mol. The number of amides is 2. The summed E-state index contributed by atoms with van der Waals surface area (Å²) in [5.74, 6) is -0.849. The van der Waals surface area contributed by atoms with Gasteiger partial charge in [-0.2, -0.15) is 5.10 Å². The topological polar surface area (TPSA) is 114 Å². The van der Waals surface area contributed by atoms with Gasteiger partial charge in [0.2, 0.25) is 0 Å². The molecule has 0 spiro atoms. The van der Waals surface area contributed by atoms with E-state index in [1.165, 1.54) is 12.0 Å². The summed E-state index contributed by atoms with van der Waals surface area (Å²) in [6.45, 7) is 9.76. The number of nitrogens with zero attached hydrogens (tertiary/aromatic N) is 3. The van der Waals surface area contributed by atoms with Crippen molar-refractivity contribution in [3.63, 3.8) is 0 Å². The average molecular weight is 445 g/mol.